The highest BCUT2D eigenvalue weighted by Gasteiger charge is 2.30. The first-order chi connectivity index (χ1) is 9.36. The lowest BCUT2D eigenvalue weighted by Gasteiger charge is -2.26. The summed E-state index contributed by atoms with van der Waals surface area (Å²) in [6.07, 6.45) is 0.268. The Morgan fingerprint density at radius 2 is 1.85 bits per heavy atom. The Labute approximate surface area is 119 Å². The van der Waals surface area contributed by atoms with E-state index in [-0.39, 0.29) is 12.3 Å². The monoisotopic (exact) mass is 278 g/mol. The molecule has 0 radical (unpaired) electrons. The summed E-state index contributed by atoms with van der Waals surface area (Å²) >= 11 is 0. The highest BCUT2D eigenvalue weighted by Crippen LogP contribution is 2.07. The van der Waals surface area contributed by atoms with Gasteiger partial charge < -0.3 is 15.7 Å². The summed E-state index contributed by atoms with van der Waals surface area (Å²) in [5.41, 5.74) is 0.0838. The zero-order chi connectivity index (χ0) is 15.2. The minimum atomic E-state index is -1.03. The van der Waals surface area contributed by atoms with Crippen LogP contribution in [0.1, 0.15) is 26.3 Å². The van der Waals surface area contributed by atoms with E-state index in [4.69, 9.17) is 0 Å². The number of carbonyl (C=O) groups excluding carboxylic acids is 1. The van der Waals surface area contributed by atoms with Crippen molar-refractivity contribution in [3.8, 4) is 0 Å². The Hall–Kier alpha value is -1.88. The molecular weight excluding hydrogens is 256 g/mol. The molecule has 0 bridgehead atoms. The maximum Gasteiger partial charge on any atom is 0.326 e. The van der Waals surface area contributed by atoms with E-state index < -0.39 is 17.6 Å². The molecule has 0 aliphatic heterocycles. The van der Waals surface area contributed by atoms with Crippen molar-refractivity contribution in [2.45, 2.75) is 38.8 Å². The SMILES string of the molecule is CCNC(C)(C)C(=O)NC(Cc1ccccc1)C(=O)O. The summed E-state index contributed by atoms with van der Waals surface area (Å²) in [6.45, 7) is 5.99. The van der Waals surface area contributed by atoms with Crippen molar-refractivity contribution in [3.05, 3.63) is 35.9 Å². The smallest absolute Gasteiger partial charge is 0.326 e. The molecule has 20 heavy (non-hydrogen) atoms. The Morgan fingerprint density at radius 3 is 2.35 bits per heavy atom. The average Bonchev–Trinajstić information content (AvgIpc) is 2.38. The molecule has 1 amide bonds. The van der Waals surface area contributed by atoms with Gasteiger partial charge in [0, 0.05) is 6.42 Å². The first kappa shape index (κ1) is 16.2. The Balaban J connectivity index is 2.73. The van der Waals surface area contributed by atoms with Gasteiger partial charge in [-0.05, 0) is 26.0 Å². The number of carboxylic acids is 1. The third-order valence-electron chi connectivity index (χ3n) is 3.07. The standard InChI is InChI=1S/C15H22N2O3/c1-4-16-15(2,3)14(20)17-12(13(18)19)10-11-8-6-5-7-9-11/h5-9,12,16H,4,10H2,1-3H3,(H,17,20)(H,18,19). The predicted molar refractivity (Wildman–Crippen MR) is 77.5 cm³/mol. The number of nitrogens with one attached hydrogen (secondary N) is 2. The summed E-state index contributed by atoms with van der Waals surface area (Å²) in [6, 6.07) is 8.32. The van der Waals surface area contributed by atoms with Gasteiger partial charge in [-0.3, -0.25) is 4.79 Å². The molecule has 5 heteroatoms. The maximum absolute atomic E-state index is 12.1. The minimum Gasteiger partial charge on any atom is -0.480 e. The molecule has 0 aliphatic carbocycles. The number of rotatable bonds is 7. The van der Waals surface area contributed by atoms with Crippen LogP contribution >= 0.6 is 0 Å². The third-order valence-corrected chi connectivity index (χ3v) is 3.07. The van der Waals surface area contributed by atoms with Crippen molar-refractivity contribution in [2.24, 2.45) is 0 Å². The van der Waals surface area contributed by atoms with E-state index in [1.807, 2.05) is 37.3 Å². The molecule has 0 spiro atoms. The van der Waals surface area contributed by atoms with E-state index in [1.165, 1.54) is 0 Å². The number of hydrogen-bond donors (Lipinski definition) is 3. The fourth-order valence-corrected chi connectivity index (χ4v) is 1.91. The van der Waals surface area contributed by atoms with Gasteiger partial charge >= 0.3 is 5.97 Å². The summed E-state index contributed by atoms with van der Waals surface area (Å²) in [5, 5.41) is 14.9. The van der Waals surface area contributed by atoms with Gasteiger partial charge in [-0.2, -0.15) is 0 Å². The molecule has 0 fully saturated rings. The largest absolute Gasteiger partial charge is 0.480 e. The zero-order valence-electron chi connectivity index (χ0n) is 12.1. The van der Waals surface area contributed by atoms with E-state index >= 15 is 0 Å². The second-order valence-electron chi connectivity index (χ2n) is 5.21. The quantitative estimate of drug-likeness (QED) is 0.700. The van der Waals surface area contributed by atoms with E-state index in [1.54, 1.807) is 13.8 Å². The van der Waals surface area contributed by atoms with Crippen LogP contribution in [0.5, 0.6) is 0 Å². The number of hydrogen-bond acceptors (Lipinski definition) is 3. The predicted octanol–water partition coefficient (Wildman–Crippen LogP) is 1.19. The van der Waals surface area contributed by atoms with Crippen LogP contribution in [0.25, 0.3) is 0 Å². The molecule has 110 valence electrons. The number of carboxylic acid groups (broad SMARTS) is 1. The van der Waals surface area contributed by atoms with Crippen molar-refractivity contribution >= 4 is 11.9 Å². The number of amides is 1. The second kappa shape index (κ2) is 7.05. The fraction of sp³-hybridized carbons (Fsp3) is 0.467. The van der Waals surface area contributed by atoms with Crippen LogP contribution in [0.15, 0.2) is 30.3 Å². The lowest BCUT2D eigenvalue weighted by atomic mass is 10.0. The Morgan fingerprint density at radius 1 is 1.25 bits per heavy atom. The molecule has 1 aromatic rings. The van der Waals surface area contributed by atoms with Gasteiger partial charge in [0.25, 0.3) is 0 Å². The lowest BCUT2D eigenvalue weighted by Crippen LogP contribution is -2.56. The van der Waals surface area contributed by atoms with E-state index in [2.05, 4.69) is 10.6 Å². The van der Waals surface area contributed by atoms with Crippen molar-refractivity contribution in [3.63, 3.8) is 0 Å². The molecule has 0 aromatic heterocycles. The lowest BCUT2D eigenvalue weighted by molar-refractivity contribution is -0.142. The third kappa shape index (κ3) is 4.66. The molecule has 1 atom stereocenters. The maximum atomic E-state index is 12.1. The van der Waals surface area contributed by atoms with Crippen LogP contribution in [0.4, 0.5) is 0 Å². The fourth-order valence-electron chi connectivity index (χ4n) is 1.91. The van der Waals surface area contributed by atoms with Gasteiger partial charge in [-0.15, -0.1) is 0 Å². The van der Waals surface area contributed by atoms with Crippen LogP contribution in [-0.4, -0.2) is 35.1 Å². The average molecular weight is 278 g/mol. The van der Waals surface area contributed by atoms with Crippen LogP contribution in [-0.2, 0) is 16.0 Å². The van der Waals surface area contributed by atoms with Gasteiger partial charge in [-0.25, -0.2) is 4.79 Å². The van der Waals surface area contributed by atoms with Crippen LogP contribution in [0.3, 0.4) is 0 Å². The van der Waals surface area contributed by atoms with Gasteiger partial charge in [-0.1, -0.05) is 37.3 Å². The number of likely N-dealkylation sites (N-methyl/N-ethyl adjacent to an activating group) is 1. The molecule has 1 unspecified atom stereocenters. The first-order valence-electron chi connectivity index (χ1n) is 6.69. The zero-order valence-corrected chi connectivity index (χ0v) is 12.1. The molecule has 5 nitrogen and oxygen atoms in total. The second-order valence-corrected chi connectivity index (χ2v) is 5.21. The van der Waals surface area contributed by atoms with Gasteiger partial charge in [0.15, 0.2) is 0 Å². The molecule has 0 aliphatic rings. The van der Waals surface area contributed by atoms with Crippen LogP contribution in [0.2, 0.25) is 0 Å². The van der Waals surface area contributed by atoms with Crippen molar-refractivity contribution in [2.75, 3.05) is 6.54 Å². The number of aliphatic carboxylic acids is 1. The highest BCUT2D eigenvalue weighted by molar-refractivity contribution is 5.89. The van der Waals surface area contributed by atoms with E-state index in [0.717, 1.165) is 5.56 Å². The summed E-state index contributed by atoms with van der Waals surface area (Å²) in [5.74, 6) is -1.35. The van der Waals surface area contributed by atoms with Gasteiger partial charge in [0.2, 0.25) is 5.91 Å². The highest BCUT2D eigenvalue weighted by atomic mass is 16.4. The summed E-state index contributed by atoms with van der Waals surface area (Å²) < 4.78 is 0. The molecule has 0 saturated carbocycles. The number of benzene rings is 1. The summed E-state index contributed by atoms with van der Waals surface area (Å²) in [4.78, 5) is 23.4. The molecule has 0 heterocycles. The minimum absolute atomic E-state index is 0.268. The molecule has 1 aromatic carbocycles. The van der Waals surface area contributed by atoms with E-state index in [9.17, 15) is 14.7 Å². The number of carbonyl (C=O) groups is 2. The van der Waals surface area contributed by atoms with Gasteiger partial charge in [0.05, 0.1) is 5.54 Å². The summed E-state index contributed by atoms with van der Waals surface area (Å²) in [7, 11) is 0. The van der Waals surface area contributed by atoms with Crippen LogP contribution < -0.4 is 10.6 Å². The molecular formula is C15H22N2O3. The Kier molecular flexibility index (Phi) is 5.70. The van der Waals surface area contributed by atoms with Crippen molar-refractivity contribution in [1.82, 2.24) is 10.6 Å². The molecule has 1 rings (SSSR count). The topological polar surface area (TPSA) is 78.4 Å². The van der Waals surface area contributed by atoms with Gasteiger partial charge in [0.1, 0.15) is 6.04 Å². The van der Waals surface area contributed by atoms with E-state index in [0.29, 0.717) is 6.54 Å². The normalized spacial score (nSPS) is 12.8. The first-order valence-corrected chi connectivity index (χ1v) is 6.69. The molecule has 0 saturated heterocycles. The Bertz CT molecular complexity index is 457. The van der Waals surface area contributed by atoms with Crippen molar-refractivity contribution in [1.29, 1.82) is 0 Å². The van der Waals surface area contributed by atoms with Crippen molar-refractivity contribution < 1.29 is 14.7 Å². The van der Waals surface area contributed by atoms with Crippen LogP contribution in [0, 0.1) is 0 Å². The molecule has 3 N–H and O–H groups in total.